The number of nitrogens with two attached hydrogens (primary N) is 1. The number of hydrogen-bond acceptors (Lipinski definition) is 5. The third-order valence-corrected chi connectivity index (χ3v) is 6.35. The topological polar surface area (TPSA) is 99.9 Å². The largest absolute Gasteiger partial charge is 0.368 e. The zero-order chi connectivity index (χ0) is 21.3. The van der Waals surface area contributed by atoms with Crippen LogP contribution in [0.15, 0.2) is 36.7 Å². The molecule has 8 heteroatoms. The summed E-state index contributed by atoms with van der Waals surface area (Å²) < 4.78 is 0. The molecule has 0 aromatic carbocycles. The van der Waals surface area contributed by atoms with Gasteiger partial charge < -0.3 is 16.0 Å². The first-order valence-corrected chi connectivity index (χ1v) is 10.7. The van der Waals surface area contributed by atoms with Crippen LogP contribution in [-0.4, -0.2) is 50.9 Å². The van der Waals surface area contributed by atoms with Crippen LogP contribution in [-0.2, 0) is 4.79 Å². The molecular formula is C22H27ClN6O. The Kier molecular flexibility index (Phi) is 5.92. The number of aromatic amines is 1. The molecular weight excluding hydrogens is 400 g/mol. The lowest BCUT2D eigenvalue weighted by Gasteiger charge is -2.38. The van der Waals surface area contributed by atoms with Gasteiger partial charge >= 0.3 is 0 Å². The predicted octanol–water partition coefficient (Wildman–Crippen LogP) is 3.81. The van der Waals surface area contributed by atoms with Crippen LogP contribution in [0.5, 0.6) is 0 Å². The number of nitrogens with zero attached hydrogens (tertiary/aromatic N) is 3. The molecule has 158 valence electrons. The molecule has 3 heterocycles. The number of pyridine rings is 2. The SMILES string of the molecule is C[C@@H](C(N)=O)N(C)C1CCCC(Nc2cc(-c3c[nH]c4ncccc34)cc(Cl)n2)C1. The maximum absolute atomic E-state index is 11.6. The number of carbonyl (C=O) groups is 1. The van der Waals surface area contributed by atoms with Crippen molar-refractivity contribution in [3.05, 3.63) is 41.8 Å². The first kappa shape index (κ1) is 20.6. The zero-order valence-corrected chi connectivity index (χ0v) is 18.0. The summed E-state index contributed by atoms with van der Waals surface area (Å²) in [6, 6.07) is 8.14. The third-order valence-electron chi connectivity index (χ3n) is 6.15. The van der Waals surface area contributed by atoms with E-state index in [1.807, 2.05) is 44.4 Å². The van der Waals surface area contributed by atoms with Gasteiger partial charge in [0, 0.05) is 35.4 Å². The molecule has 1 aliphatic carbocycles. The highest BCUT2D eigenvalue weighted by molar-refractivity contribution is 6.29. The number of H-pyrrole nitrogens is 1. The maximum Gasteiger partial charge on any atom is 0.234 e. The van der Waals surface area contributed by atoms with Crippen molar-refractivity contribution >= 4 is 34.4 Å². The first-order chi connectivity index (χ1) is 14.4. The Labute approximate surface area is 181 Å². The summed E-state index contributed by atoms with van der Waals surface area (Å²) >= 11 is 6.35. The van der Waals surface area contributed by atoms with Crippen LogP contribution in [0.1, 0.15) is 32.6 Å². The average molecular weight is 427 g/mol. The number of amides is 1. The van der Waals surface area contributed by atoms with Crippen LogP contribution < -0.4 is 11.1 Å². The van der Waals surface area contributed by atoms with Gasteiger partial charge in [0.15, 0.2) is 0 Å². The number of fused-ring (bicyclic) bond motifs is 1. The number of primary amides is 1. The Balaban J connectivity index is 1.53. The van der Waals surface area contributed by atoms with Crippen LogP contribution in [0.4, 0.5) is 5.82 Å². The summed E-state index contributed by atoms with van der Waals surface area (Å²) in [7, 11) is 1.98. The minimum atomic E-state index is -0.290. The summed E-state index contributed by atoms with van der Waals surface area (Å²) in [5, 5.41) is 5.05. The number of carbonyl (C=O) groups excluding carboxylic acids is 1. The van der Waals surface area contributed by atoms with Crippen LogP contribution in [0.3, 0.4) is 0 Å². The zero-order valence-electron chi connectivity index (χ0n) is 17.2. The number of rotatable bonds is 6. The van der Waals surface area contributed by atoms with Crippen molar-refractivity contribution in [1.82, 2.24) is 19.9 Å². The van der Waals surface area contributed by atoms with Crippen LogP contribution in [0.2, 0.25) is 5.15 Å². The first-order valence-electron chi connectivity index (χ1n) is 10.3. The monoisotopic (exact) mass is 426 g/mol. The molecule has 1 aliphatic rings. The molecule has 1 fully saturated rings. The summed E-state index contributed by atoms with van der Waals surface area (Å²) in [6.07, 6.45) is 7.84. The van der Waals surface area contributed by atoms with E-state index < -0.39 is 0 Å². The Hall–Kier alpha value is -2.64. The van der Waals surface area contributed by atoms with Crippen molar-refractivity contribution in [1.29, 1.82) is 0 Å². The van der Waals surface area contributed by atoms with Crippen molar-refractivity contribution < 1.29 is 4.79 Å². The minimum Gasteiger partial charge on any atom is -0.368 e. The van der Waals surface area contributed by atoms with Crippen LogP contribution >= 0.6 is 11.6 Å². The standard InChI is InChI=1S/C22H27ClN6O/c1-13(21(24)30)29(2)16-6-3-5-15(11-16)27-20-10-14(9-19(23)28-20)18-12-26-22-17(18)7-4-8-25-22/h4,7-10,12-13,15-16H,3,5-6,11H2,1-2H3,(H2,24,30)(H,25,26)(H,27,28)/t13-,15?,16?/m0/s1. The van der Waals surface area contributed by atoms with Gasteiger partial charge in [0.2, 0.25) is 5.91 Å². The summed E-state index contributed by atoms with van der Waals surface area (Å²) in [5.41, 5.74) is 8.37. The van der Waals surface area contributed by atoms with Crippen molar-refractivity contribution in [3.8, 4) is 11.1 Å². The molecule has 1 amide bonds. The highest BCUT2D eigenvalue weighted by Crippen LogP contribution is 2.32. The average Bonchev–Trinajstić information content (AvgIpc) is 3.16. The Morgan fingerprint density at radius 1 is 1.40 bits per heavy atom. The van der Waals surface area contributed by atoms with Crippen molar-refractivity contribution in [2.75, 3.05) is 12.4 Å². The lowest BCUT2D eigenvalue weighted by molar-refractivity contribution is -0.123. The van der Waals surface area contributed by atoms with E-state index in [1.54, 1.807) is 6.20 Å². The van der Waals surface area contributed by atoms with E-state index in [0.717, 1.165) is 53.7 Å². The quantitative estimate of drug-likeness (QED) is 0.520. The van der Waals surface area contributed by atoms with Gasteiger partial charge in [-0.3, -0.25) is 9.69 Å². The predicted molar refractivity (Wildman–Crippen MR) is 120 cm³/mol. The summed E-state index contributed by atoms with van der Waals surface area (Å²) in [4.78, 5) is 25.7. The van der Waals surface area contributed by atoms with E-state index >= 15 is 0 Å². The minimum absolute atomic E-state index is 0.259. The molecule has 3 aromatic rings. The van der Waals surface area contributed by atoms with E-state index in [2.05, 4.69) is 25.2 Å². The van der Waals surface area contributed by atoms with Gasteiger partial charge in [-0.25, -0.2) is 9.97 Å². The van der Waals surface area contributed by atoms with Gasteiger partial charge in [-0.1, -0.05) is 11.6 Å². The van der Waals surface area contributed by atoms with E-state index in [0.29, 0.717) is 11.2 Å². The molecule has 7 nitrogen and oxygen atoms in total. The van der Waals surface area contributed by atoms with Gasteiger partial charge in [-0.15, -0.1) is 0 Å². The third kappa shape index (κ3) is 4.27. The number of hydrogen-bond donors (Lipinski definition) is 3. The van der Waals surface area contributed by atoms with Crippen LogP contribution in [0.25, 0.3) is 22.2 Å². The molecule has 30 heavy (non-hydrogen) atoms. The fourth-order valence-corrected chi connectivity index (χ4v) is 4.52. The number of likely N-dealkylation sites (N-methyl/N-ethyl adjacent to an activating group) is 1. The lowest BCUT2D eigenvalue weighted by atomic mass is 9.89. The lowest BCUT2D eigenvalue weighted by Crippen LogP contribution is -2.48. The highest BCUT2D eigenvalue weighted by Gasteiger charge is 2.29. The van der Waals surface area contributed by atoms with Crippen molar-refractivity contribution in [2.24, 2.45) is 5.73 Å². The highest BCUT2D eigenvalue weighted by atomic mass is 35.5. The number of anilines is 1. The summed E-state index contributed by atoms with van der Waals surface area (Å²) in [6.45, 7) is 1.86. The Morgan fingerprint density at radius 2 is 2.23 bits per heavy atom. The Morgan fingerprint density at radius 3 is 3.03 bits per heavy atom. The Bertz CT molecular complexity index is 1050. The fraction of sp³-hybridized carbons (Fsp3) is 0.409. The van der Waals surface area contributed by atoms with Gasteiger partial charge in [-0.2, -0.15) is 0 Å². The number of aromatic nitrogens is 3. The number of halogens is 1. The molecule has 4 rings (SSSR count). The second-order valence-electron chi connectivity index (χ2n) is 8.07. The van der Waals surface area contributed by atoms with Gasteiger partial charge in [0.1, 0.15) is 16.6 Å². The number of nitrogens with one attached hydrogen (secondary N) is 2. The van der Waals surface area contributed by atoms with Crippen molar-refractivity contribution in [2.45, 2.75) is 50.7 Å². The molecule has 0 saturated heterocycles. The second-order valence-corrected chi connectivity index (χ2v) is 8.46. The van der Waals surface area contributed by atoms with E-state index in [9.17, 15) is 4.79 Å². The molecule has 1 saturated carbocycles. The molecule has 0 bridgehead atoms. The van der Waals surface area contributed by atoms with Crippen LogP contribution in [0, 0.1) is 0 Å². The summed E-state index contributed by atoms with van der Waals surface area (Å²) in [5.74, 6) is 0.467. The molecule has 3 atom stereocenters. The van der Waals surface area contributed by atoms with E-state index in [1.165, 1.54) is 0 Å². The smallest absolute Gasteiger partial charge is 0.234 e. The van der Waals surface area contributed by atoms with Gasteiger partial charge in [0.05, 0.1) is 6.04 Å². The fourth-order valence-electron chi connectivity index (χ4n) is 4.31. The molecule has 0 radical (unpaired) electrons. The normalized spacial score (nSPS) is 20.4. The molecule has 0 spiro atoms. The molecule has 4 N–H and O–H groups in total. The van der Waals surface area contributed by atoms with E-state index in [4.69, 9.17) is 17.3 Å². The van der Waals surface area contributed by atoms with Crippen molar-refractivity contribution in [3.63, 3.8) is 0 Å². The van der Waals surface area contributed by atoms with Gasteiger partial charge in [-0.05, 0) is 69.5 Å². The molecule has 3 aromatic heterocycles. The molecule has 2 unspecified atom stereocenters. The van der Waals surface area contributed by atoms with Gasteiger partial charge in [0.25, 0.3) is 0 Å². The second kappa shape index (κ2) is 8.62. The maximum atomic E-state index is 11.6. The molecule has 0 aliphatic heterocycles. The van der Waals surface area contributed by atoms with E-state index in [-0.39, 0.29) is 18.0 Å².